The molecule has 2 N–H and O–H groups in total. The first-order valence-corrected chi connectivity index (χ1v) is 4.28. The van der Waals surface area contributed by atoms with Gasteiger partial charge in [0.2, 0.25) is 0 Å². The van der Waals surface area contributed by atoms with Gasteiger partial charge in [-0.15, -0.1) is 0 Å². The quantitative estimate of drug-likeness (QED) is 0.798. The number of hydrogen-bond donors (Lipinski definition) is 1. The van der Waals surface area contributed by atoms with Crippen molar-refractivity contribution >= 4 is 5.91 Å². The SMILES string of the molecule is NC(=O)c1cc(F)ccc1-n1cccn1. The fourth-order valence-corrected chi connectivity index (χ4v) is 1.32. The maximum absolute atomic E-state index is 12.9. The summed E-state index contributed by atoms with van der Waals surface area (Å²) in [5.74, 6) is -1.18. The lowest BCUT2D eigenvalue weighted by Gasteiger charge is -2.06. The standard InChI is InChI=1S/C10H8FN3O/c11-7-2-3-9(8(6-7)10(12)15)14-5-1-4-13-14/h1-6H,(H2,12,15). The molecular weight excluding hydrogens is 197 g/mol. The largest absolute Gasteiger partial charge is 0.366 e. The molecule has 1 aromatic heterocycles. The molecule has 76 valence electrons. The van der Waals surface area contributed by atoms with Gasteiger partial charge in [-0.05, 0) is 24.3 Å². The van der Waals surface area contributed by atoms with E-state index >= 15 is 0 Å². The minimum absolute atomic E-state index is 0.110. The van der Waals surface area contributed by atoms with Crippen molar-refractivity contribution in [2.24, 2.45) is 5.73 Å². The van der Waals surface area contributed by atoms with Crippen molar-refractivity contribution < 1.29 is 9.18 Å². The van der Waals surface area contributed by atoms with Crippen LogP contribution in [0.2, 0.25) is 0 Å². The normalized spacial score (nSPS) is 10.2. The minimum atomic E-state index is -0.681. The van der Waals surface area contributed by atoms with E-state index in [2.05, 4.69) is 5.10 Å². The van der Waals surface area contributed by atoms with Crippen LogP contribution < -0.4 is 5.73 Å². The summed E-state index contributed by atoms with van der Waals surface area (Å²) in [5, 5.41) is 3.95. The molecule has 0 spiro atoms. The van der Waals surface area contributed by atoms with Crippen LogP contribution in [0.5, 0.6) is 0 Å². The molecule has 5 heteroatoms. The van der Waals surface area contributed by atoms with Crippen molar-refractivity contribution in [3.05, 3.63) is 48.0 Å². The molecular formula is C10H8FN3O. The third kappa shape index (κ3) is 1.71. The Morgan fingerprint density at radius 3 is 2.87 bits per heavy atom. The first kappa shape index (κ1) is 9.39. The third-order valence-electron chi connectivity index (χ3n) is 1.98. The summed E-state index contributed by atoms with van der Waals surface area (Å²) in [6.45, 7) is 0. The zero-order chi connectivity index (χ0) is 10.8. The number of primary amides is 1. The Morgan fingerprint density at radius 2 is 2.27 bits per heavy atom. The Hall–Kier alpha value is -2.17. The predicted octanol–water partition coefficient (Wildman–Crippen LogP) is 1.11. The number of benzene rings is 1. The molecule has 4 nitrogen and oxygen atoms in total. The smallest absolute Gasteiger partial charge is 0.250 e. The molecule has 15 heavy (non-hydrogen) atoms. The van der Waals surface area contributed by atoms with Crippen molar-refractivity contribution in [1.82, 2.24) is 9.78 Å². The Bertz CT molecular complexity index is 493. The van der Waals surface area contributed by atoms with E-state index in [0.717, 1.165) is 6.07 Å². The second kappa shape index (κ2) is 3.53. The van der Waals surface area contributed by atoms with Crippen LogP contribution in [-0.2, 0) is 0 Å². The first-order chi connectivity index (χ1) is 7.18. The van der Waals surface area contributed by atoms with E-state index in [1.807, 2.05) is 0 Å². The van der Waals surface area contributed by atoms with Crippen molar-refractivity contribution in [2.75, 3.05) is 0 Å². The minimum Gasteiger partial charge on any atom is -0.366 e. The average Bonchev–Trinajstić information content (AvgIpc) is 2.70. The zero-order valence-corrected chi connectivity index (χ0v) is 7.72. The molecule has 0 aliphatic rings. The predicted molar refractivity (Wildman–Crippen MR) is 52.0 cm³/mol. The molecule has 0 atom stereocenters. The van der Waals surface area contributed by atoms with Crippen LogP contribution in [0.4, 0.5) is 4.39 Å². The third-order valence-corrected chi connectivity index (χ3v) is 1.98. The molecule has 0 bridgehead atoms. The van der Waals surface area contributed by atoms with Gasteiger partial charge in [0, 0.05) is 12.4 Å². The van der Waals surface area contributed by atoms with E-state index in [1.54, 1.807) is 18.5 Å². The van der Waals surface area contributed by atoms with E-state index < -0.39 is 11.7 Å². The van der Waals surface area contributed by atoms with E-state index in [-0.39, 0.29) is 5.56 Å². The van der Waals surface area contributed by atoms with Gasteiger partial charge in [0.1, 0.15) is 5.82 Å². The molecule has 1 amide bonds. The number of amides is 1. The summed E-state index contributed by atoms with van der Waals surface area (Å²) < 4.78 is 14.4. The molecule has 2 rings (SSSR count). The van der Waals surface area contributed by atoms with Crippen molar-refractivity contribution in [1.29, 1.82) is 0 Å². The first-order valence-electron chi connectivity index (χ1n) is 4.28. The fourth-order valence-electron chi connectivity index (χ4n) is 1.32. The lowest BCUT2D eigenvalue weighted by Crippen LogP contribution is -2.15. The molecule has 0 saturated heterocycles. The highest BCUT2D eigenvalue weighted by atomic mass is 19.1. The summed E-state index contributed by atoms with van der Waals surface area (Å²) in [7, 11) is 0. The van der Waals surface area contributed by atoms with Gasteiger partial charge in [-0.3, -0.25) is 4.79 Å². The Labute approximate surface area is 85.1 Å². The van der Waals surface area contributed by atoms with E-state index in [0.29, 0.717) is 5.69 Å². The Kier molecular flexibility index (Phi) is 2.21. The summed E-state index contributed by atoms with van der Waals surface area (Å²) in [4.78, 5) is 11.1. The van der Waals surface area contributed by atoms with Gasteiger partial charge in [0.15, 0.2) is 0 Å². The number of nitrogens with two attached hydrogens (primary N) is 1. The van der Waals surface area contributed by atoms with Gasteiger partial charge in [-0.25, -0.2) is 9.07 Å². The summed E-state index contributed by atoms with van der Waals surface area (Å²) in [6, 6.07) is 5.51. The maximum Gasteiger partial charge on any atom is 0.250 e. The van der Waals surface area contributed by atoms with Crippen LogP contribution in [0.1, 0.15) is 10.4 Å². The number of hydrogen-bond acceptors (Lipinski definition) is 2. The van der Waals surface area contributed by atoms with Crippen LogP contribution in [0, 0.1) is 5.82 Å². The Balaban J connectivity index is 2.61. The average molecular weight is 205 g/mol. The van der Waals surface area contributed by atoms with Crippen molar-refractivity contribution in [2.45, 2.75) is 0 Å². The molecule has 0 saturated carbocycles. The summed E-state index contributed by atoms with van der Waals surface area (Å²) in [6.07, 6.45) is 3.22. The summed E-state index contributed by atoms with van der Waals surface area (Å²) in [5.41, 5.74) is 5.72. The number of halogens is 1. The fraction of sp³-hybridized carbons (Fsp3) is 0. The van der Waals surface area contributed by atoms with Crippen LogP contribution >= 0.6 is 0 Å². The van der Waals surface area contributed by atoms with Gasteiger partial charge in [-0.2, -0.15) is 5.10 Å². The number of carbonyl (C=O) groups is 1. The highest BCUT2D eigenvalue weighted by Crippen LogP contribution is 2.14. The molecule has 0 fully saturated rings. The number of rotatable bonds is 2. The second-order valence-electron chi connectivity index (χ2n) is 2.98. The van der Waals surface area contributed by atoms with E-state index in [9.17, 15) is 9.18 Å². The lowest BCUT2D eigenvalue weighted by molar-refractivity contribution is 0.0999. The van der Waals surface area contributed by atoms with E-state index in [4.69, 9.17) is 5.73 Å². The number of carbonyl (C=O) groups excluding carboxylic acids is 1. The number of aromatic nitrogens is 2. The second-order valence-corrected chi connectivity index (χ2v) is 2.98. The monoisotopic (exact) mass is 205 g/mol. The number of nitrogens with zero attached hydrogens (tertiary/aromatic N) is 2. The van der Waals surface area contributed by atoms with Crippen LogP contribution in [0.15, 0.2) is 36.7 Å². The molecule has 1 heterocycles. The molecule has 0 radical (unpaired) electrons. The van der Waals surface area contributed by atoms with E-state index in [1.165, 1.54) is 16.8 Å². The summed E-state index contributed by atoms with van der Waals surface area (Å²) >= 11 is 0. The van der Waals surface area contributed by atoms with Gasteiger partial charge >= 0.3 is 0 Å². The van der Waals surface area contributed by atoms with Gasteiger partial charge in [0.05, 0.1) is 11.3 Å². The van der Waals surface area contributed by atoms with Crippen LogP contribution in [0.3, 0.4) is 0 Å². The van der Waals surface area contributed by atoms with Crippen molar-refractivity contribution in [3.63, 3.8) is 0 Å². The highest BCUT2D eigenvalue weighted by molar-refractivity contribution is 5.96. The highest BCUT2D eigenvalue weighted by Gasteiger charge is 2.10. The maximum atomic E-state index is 12.9. The zero-order valence-electron chi connectivity index (χ0n) is 7.72. The topological polar surface area (TPSA) is 60.9 Å². The van der Waals surface area contributed by atoms with Crippen LogP contribution in [0.25, 0.3) is 5.69 Å². The molecule has 0 unspecified atom stereocenters. The lowest BCUT2D eigenvalue weighted by atomic mass is 10.1. The van der Waals surface area contributed by atoms with Crippen molar-refractivity contribution in [3.8, 4) is 5.69 Å². The molecule has 0 aliphatic carbocycles. The molecule has 0 aliphatic heterocycles. The van der Waals surface area contributed by atoms with Gasteiger partial charge in [-0.1, -0.05) is 0 Å². The molecule has 2 aromatic rings. The van der Waals surface area contributed by atoms with Gasteiger partial charge < -0.3 is 5.73 Å². The van der Waals surface area contributed by atoms with Crippen LogP contribution in [-0.4, -0.2) is 15.7 Å². The molecule has 1 aromatic carbocycles. The Morgan fingerprint density at radius 1 is 1.47 bits per heavy atom. The van der Waals surface area contributed by atoms with Gasteiger partial charge in [0.25, 0.3) is 5.91 Å².